The van der Waals surface area contributed by atoms with Crippen molar-refractivity contribution in [2.45, 2.75) is 25.4 Å². The number of aromatic nitrogens is 1. The SMILES string of the molecule is COc1ccccc1Nc1[nH+]c(C2(C)CCC(=O)O2)cs1.[Br-]. The third-order valence-corrected chi connectivity index (χ3v) is 4.41. The molecule has 1 saturated heterocycles. The summed E-state index contributed by atoms with van der Waals surface area (Å²) in [4.78, 5) is 14.6. The first-order chi connectivity index (χ1) is 10.1. The van der Waals surface area contributed by atoms with Crippen LogP contribution in [0.25, 0.3) is 0 Å². The molecule has 2 N–H and O–H groups in total. The Hall–Kier alpha value is -1.60. The Morgan fingerprint density at radius 1 is 1.41 bits per heavy atom. The zero-order valence-corrected chi connectivity index (χ0v) is 14.7. The lowest BCUT2D eigenvalue weighted by molar-refractivity contribution is -0.384. The van der Waals surface area contributed by atoms with Crippen LogP contribution in [0.4, 0.5) is 10.8 Å². The number of carbonyl (C=O) groups is 1. The number of hydrogen-bond acceptors (Lipinski definition) is 5. The molecule has 0 aliphatic carbocycles. The molecule has 1 aromatic carbocycles. The smallest absolute Gasteiger partial charge is 0.337 e. The van der Waals surface area contributed by atoms with Gasteiger partial charge in [-0.1, -0.05) is 23.5 Å². The van der Waals surface area contributed by atoms with Crippen molar-refractivity contribution in [1.29, 1.82) is 0 Å². The van der Waals surface area contributed by atoms with Gasteiger partial charge in [0.2, 0.25) is 0 Å². The third kappa shape index (κ3) is 3.25. The molecule has 1 unspecified atom stereocenters. The molecule has 3 rings (SSSR count). The van der Waals surface area contributed by atoms with Gasteiger partial charge in [0.1, 0.15) is 0 Å². The van der Waals surface area contributed by atoms with Crippen LogP contribution < -0.4 is 32.0 Å². The van der Waals surface area contributed by atoms with Gasteiger partial charge in [0.15, 0.2) is 22.7 Å². The summed E-state index contributed by atoms with van der Waals surface area (Å²) in [6.45, 7) is 1.93. The van der Waals surface area contributed by atoms with Crippen molar-refractivity contribution in [3.05, 3.63) is 35.3 Å². The van der Waals surface area contributed by atoms with Gasteiger partial charge < -0.3 is 26.5 Å². The highest BCUT2D eigenvalue weighted by atomic mass is 79.9. The van der Waals surface area contributed by atoms with E-state index in [0.717, 1.165) is 22.3 Å². The average Bonchev–Trinajstić information content (AvgIpc) is 3.08. The van der Waals surface area contributed by atoms with Gasteiger partial charge in [0, 0.05) is 18.2 Å². The van der Waals surface area contributed by atoms with Crippen molar-refractivity contribution in [2.24, 2.45) is 0 Å². The van der Waals surface area contributed by atoms with E-state index in [9.17, 15) is 4.79 Å². The van der Waals surface area contributed by atoms with Crippen molar-refractivity contribution in [3.63, 3.8) is 0 Å². The Morgan fingerprint density at radius 3 is 2.86 bits per heavy atom. The van der Waals surface area contributed by atoms with Crippen molar-refractivity contribution >= 4 is 28.1 Å². The van der Waals surface area contributed by atoms with Gasteiger partial charge in [-0.15, -0.1) is 0 Å². The molecule has 1 aromatic heterocycles. The fourth-order valence-corrected chi connectivity index (χ4v) is 3.25. The number of esters is 1. The van der Waals surface area contributed by atoms with Crippen molar-refractivity contribution in [1.82, 2.24) is 0 Å². The van der Waals surface area contributed by atoms with Crippen molar-refractivity contribution in [2.75, 3.05) is 12.4 Å². The summed E-state index contributed by atoms with van der Waals surface area (Å²) in [5.41, 5.74) is 1.25. The van der Waals surface area contributed by atoms with Crippen LogP contribution in [0.2, 0.25) is 0 Å². The zero-order chi connectivity index (χ0) is 14.9. The van der Waals surface area contributed by atoms with Crippen LogP contribution in [0, 0.1) is 0 Å². The maximum atomic E-state index is 11.3. The molecule has 5 nitrogen and oxygen atoms in total. The van der Waals surface area contributed by atoms with E-state index < -0.39 is 5.60 Å². The van der Waals surface area contributed by atoms with E-state index in [-0.39, 0.29) is 23.0 Å². The van der Waals surface area contributed by atoms with E-state index in [1.807, 2.05) is 36.6 Å². The molecule has 7 heteroatoms. The molecule has 1 fully saturated rings. The average molecular weight is 385 g/mol. The second kappa shape index (κ2) is 6.66. The van der Waals surface area contributed by atoms with Crippen LogP contribution in [0.15, 0.2) is 29.6 Å². The van der Waals surface area contributed by atoms with Gasteiger partial charge in [-0.05, 0) is 19.1 Å². The van der Waals surface area contributed by atoms with Crippen LogP contribution in [0.1, 0.15) is 25.5 Å². The van der Waals surface area contributed by atoms with E-state index in [2.05, 4.69) is 10.3 Å². The number of aromatic amines is 1. The number of benzene rings is 1. The highest BCUT2D eigenvalue weighted by molar-refractivity contribution is 7.13. The number of anilines is 2. The molecule has 0 saturated carbocycles. The molecule has 0 spiro atoms. The molecule has 0 amide bonds. The first-order valence-corrected chi connectivity index (χ1v) is 7.62. The number of carbonyl (C=O) groups excluding carboxylic acids is 1. The predicted molar refractivity (Wildman–Crippen MR) is 79.8 cm³/mol. The number of nitrogens with one attached hydrogen (secondary N) is 2. The van der Waals surface area contributed by atoms with Crippen molar-refractivity contribution in [3.8, 4) is 5.75 Å². The number of thiazole rings is 1. The summed E-state index contributed by atoms with van der Waals surface area (Å²) in [6, 6.07) is 7.71. The summed E-state index contributed by atoms with van der Waals surface area (Å²) < 4.78 is 10.7. The summed E-state index contributed by atoms with van der Waals surface area (Å²) in [7, 11) is 1.64. The van der Waals surface area contributed by atoms with Gasteiger partial charge in [-0.3, -0.25) is 4.79 Å². The number of ether oxygens (including phenoxy) is 2. The number of H-pyrrole nitrogens is 1. The minimum atomic E-state index is -0.547. The molecule has 2 aromatic rings. The molecular formula is C15H17BrN2O3S. The van der Waals surface area contributed by atoms with Crippen LogP contribution in [0.3, 0.4) is 0 Å². The Labute approximate surface area is 143 Å². The van der Waals surface area contributed by atoms with Crippen molar-refractivity contribution < 1.29 is 36.2 Å². The monoisotopic (exact) mass is 384 g/mol. The van der Waals surface area contributed by atoms with Gasteiger partial charge in [-0.25, -0.2) is 10.3 Å². The summed E-state index contributed by atoms with van der Waals surface area (Å²) in [5.74, 6) is 0.635. The molecule has 1 atom stereocenters. The maximum Gasteiger partial charge on any atom is 0.337 e. The fourth-order valence-electron chi connectivity index (χ4n) is 2.37. The summed E-state index contributed by atoms with van der Waals surface area (Å²) in [6.07, 6.45) is 1.17. The second-order valence-corrected chi connectivity index (χ2v) is 6.01. The lowest BCUT2D eigenvalue weighted by Gasteiger charge is -2.17. The van der Waals surface area contributed by atoms with Crippen LogP contribution in [0.5, 0.6) is 5.75 Å². The zero-order valence-electron chi connectivity index (χ0n) is 12.3. The molecule has 22 heavy (non-hydrogen) atoms. The normalized spacial score (nSPS) is 20.2. The van der Waals surface area contributed by atoms with Gasteiger partial charge in [0.05, 0.1) is 7.11 Å². The number of halogens is 1. The minimum Gasteiger partial charge on any atom is -1.00 e. The topological polar surface area (TPSA) is 61.7 Å². The standard InChI is InChI=1S/C15H16N2O3S.BrH/c1-15(8-7-13(18)20-15)12-9-21-14(17-12)16-10-5-3-4-6-11(10)19-2;/h3-6,9H,7-8H2,1-2H3,(H,16,17);1H. The summed E-state index contributed by atoms with van der Waals surface area (Å²) >= 11 is 1.54. The summed E-state index contributed by atoms with van der Waals surface area (Å²) in [5, 5.41) is 6.15. The Bertz CT molecular complexity index is 676. The van der Waals surface area contributed by atoms with E-state index in [0.29, 0.717) is 12.8 Å². The highest BCUT2D eigenvalue weighted by Gasteiger charge is 2.41. The fraction of sp³-hybridized carbons (Fsp3) is 0.333. The highest BCUT2D eigenvalue weighted by Crippen LogP contribution is 2.36. The quantitative estimate of drug-likeness (QED) is 0.746. The first kappa shape index (κ1) is 16.8. The van der Waals surface area contributed by atoms with E-state index in [1.165, 1.54) is 11.3 Å². The minimum absolute atomic E-state index is 0. The van der Waals surface area contributed by atoms with Gasteiger partial charge in [0.25, 0.3) is 0 Å². The molecule has 0 radical (unpaired) electrons. The van der Waals surface area contributed by atoms with Crippen LogP contribution in [-0.2, 0) is 15.1 Å². The molecule has 1 aliphatic rings. The number of para-hydroxylation sites is 2. The number of hydrogen-bond donors (Lipinski definition) is 1. The first-order valence-electron chi connectivity index (χ1n) is 6.74. The van der Waals surface area contributed by atoms with E-state index >= 15 is 0 Å². The number of methoxy groups -OCH3 is 1. The second-order valence-electron chi connectivity index (χ2n) is 5.13. The lowest BCUT2D eigenvalue weighted by Crippen LogP contribution is -3.00. The Kier molecular flexibility index (Phi) is 5.08. The van der Waals surface area contributed by atoms with Crippen LogP contribution >= 0.6 is 11.3 Å². The van der Waals surface area contributed by atoms with Gasteiger partial charge >= 0.3 is 11.1 Å². The maximum absolute atomic E-state index is 11.3. The van der Waals surface area contributed by atoms with E-state index in [1.54, 1.807) is 7.11 Å². The molecular weight excluding hydrogens is 368 g/mol. The number of rotatable bonds is 4. The Morgan fingerprint density at radius 2 is 2.18 bits per heavy atom. The third-order valence-electron chi connectivity index (χ3n) is 3.61. The molecule has 1 aliphatic heterocycles. The Balaban J connectivity index is 0.00000176. The molecule has 118 valence electrons. The lowest BCUT2D eigenvalue weighted by atomic mass is 10.00. The van der Waals surface area contributed by atoms with E-state index in [4.69, 9.17) is 9.47 Å². The predicted octanol–water partition coefficient (Wildman–Crippen LogP) is -0.129. The van der Waals surface area contributed by atoms with Crippen LogP contribution in [-0.4, -0.2) is 13.1 Å². The molecule has 2 heterocycles. The van der Waals surface area contributed by atoms with Gasteiger partial charge in [-0.2, -0.15) is 0 Å². The largest absolute Gasteiger partial charge is 1.00 e. The number of cyclic esters (lactones) is 1. The molecule has 0 bridgehead atoms.